The van der Waals surface area contributed by atoms with Gasteiger partial charge in [-0.3, -0.25) is 4.79 Å². The molecule has 2 rings (SSSR count). The summed E-state index contributed by atoms with van der Waals surface area (Å²) < 4.78 is 13.5. The van der Waals surface area contributed by atoms with Crippen molar-refractivity contribution in [2.75, 3.05) is 7.05 Å². The molecule has 0 unspecified atom stereocenters. The van der Waals surface area contributed by atoms with E-state index in [1.54, 1.807) is 23.3 Å². The summed E-state index contributed by atoms with van der Waals surface area (Å²) in [6.45, 7) is 2.36. The SMILES string of the molecule is Cc1nc(CN(C)C(=O)c2ccc(F)cc2Br)cs1. The zero-order valence-corrected chi connectivity index (χ0v) is 12.9. The van der Waals surface area contributed by atoms with E-state index in [2.05, 4.69) is 20.9 Å². The number of halogens is 2. The van der Waals surface area contributed by atoms with Crippen LogP contribution in [0.4, 0.5) is 4.39 Å². The highest BCUT2D eigenvalue weighted by Crippen LogP contribution is 2.20. The first-order valence-corrected chi connectivity index (χ1v) is 7.26. The number of aromatic nitrogens is 1. The fraction of sp³-hybridized carbons (Fsp3) is 0.231. The molecule has 1 amide bonds. The molecule has 1 heterocycles. The predicted molar refractivity (Wildman–Crippen MR) is 76.7 cm³/mol. The van der Waals surface area contributed by atoms with Gasteiger partial charge in [-0.25, -0.2) is 9.37 Å². The molecule has 3 nitrogen and oxygen atoms in total. The van der Waals surface area contributed by atoms with Gasteiger partial charge in [0.25, 0.3) is 5.91 Å². The van der Waals surface area contributed by atoms with Crippen molar-refractivity contribution in [3.63, 3.8) is 0 Å². The molecule has 0 atom stereocenters. The molecule has 6 heteroatoms. The molecular weight excluding hydrogens is 331 g/mol. The van der Waals surface area contributed by atoms with E-state index in [0.717, 1.165) is 10.7 Å². The van der Waals surface area contributed by atoms with Crippen LogP contribution in [0.5, 0.6) is 0 Å². The van der Waals surface area contributed by atoms with Crippen molar-refractivity contribution >= 4 is 33.2 Å². The Morgan fingerprint density at radius 3 is 2.84 bits per heavy atom. The molecule has 1 aromatic heterocycles. The molecule has 0 spiro atoms. The number of rotatable bonds is 3. The maximum atomic E-state index is 13.0. The van der Waals surface area contributed by atoms with Crippen molar-refractivity contribution in [2.45, 2.75) is 13.5 Å². The number of carbonyl (C=O) groups excluding carboxylic acids is 1. The van der Waals surface area contributed by atoms with Crippen LogP contribution in [0.2, 0.25) is 0 Å². The second kappa shape index (κ2) is 5.79. The molecule has 0 fully saturated rings. The van der Waals surface area contributed by atoms with E-state index in [1.165, 1.54) is 18.2 Å². The first-order chi connectivity index (χ1) is 8.97. The Kier molecular flexibility index (Phi) is 4.31. The Bertz CT molecular complexity index is 614. The molecule has 0 aliphatic heterocycles. The Morgan fingerprint density at radius 1 is 1.53 bits per heavy atom. The molecule has 0 radical (unpaired) electrons. The zero-order chi connectivity index (χ0) is 14.0. The number of benzene rings is 1. The Hall–Kier alpha value is -1.27. The summed E-state index contributed by atoms with van der Waals surface area (Å²) in [4.78, 5) is 18.1. The number of hydrogen-bond donors (Lipinski definition) is 0. The number of hydrogen-bond acceptors (Lipinski definition) is 3. The minimum atomic E-state index is -0.374. The van der Waals surface area contributed by atoms with Crippen molar-refractivity contribution < 1.29 is 9.18 Å². The van der Waals surface area contributed by atoms with Gasteiger partial charge in [0.05, 0.1) is 22.8 Å². The van der Waals surface area contributed by atoms with Crippen LogP contribution >= 0.6 is 27.3 Å². The number of nitrogens with zero attached hydrogens (tertiary/aromatic N) is 2. The minimum absolute atomic E-state index is 0.169. The molecule has 0 aliphatic carbocycles. The van der Waals surface area contributed by atoms with E-state index in [0.29, 0.717) is 16.6 Å². The molecule has 19 heavy (non-hydrogen) atoms. The molecule has 0 N–H and O–H groups in total. The van der Waals surface area contributed by atoms with Crippen LogP contribution in [0.15, 0.2) is 28.1 Å². The fourth-order valence-electron chi connectivity index (χ4n) is 1.66. The summed E-state index contributed by atoms with van der Waals surface area (Å²) in [6, 6.07) is 4.04. The van der Waals surface area contributed by atoms with Crippen LogP contribution < -0.4 is 0 Å². The van der Waals surface area contributed by atoms with E-state index in [-0.39, 0.29) is 11.7 Å². The Labute approximate surface area is 123 Å². The number of amides is 1. The van der Waals surface area contributed by atoms with Gasteiger partial charge >= 0.3 is 0 Å². The lowest BCUT2D eigenvalue weighted by Gasteiger charge is -2.16. The minimum Gasteiger partial charge on any atom is -0.336 e. The van der Waals surface area contributed by atoms with E-state index in [9.17, 15) is 9.18 Å². The zero-order valence-electron chi connectivity index (χ0n) is 10.5. The average molecular weight is 343 g/mol. The highest BCUT2D eigenvalue weighted by molar-refractivity contribution is 9.10. The van der Waals surface area contributed by atoms with Gasteiger partial charge in [-0.1, -0.05) is 0 Å². The third kappa shape index (κ3) is 3.39. The number of aryl methyl sites for hydroxylation is 1. The smallest absolute Gasteiger partial charge is 0.255 e. The number of thiazole rings is 1. The van der Waals surface area contributed by atoms with Crippen molar-refractivity contribution in [3.8, 4) is 0 Å². The molecule has 0 bridgehead atoms. The van der Waals surface area contributed by atoms with Crippen molar-refractivity contribution in [1.29, 1.82) is 0 Å². The van der Waals surface area contributed by atoms with E-state index in [1.807, 2.05) is 12.3 Å². The fourth-order valence-corrected chi connectivity index (χ4v) is 2.79. The van der Waals surface area contributed by atoms with E-state index in [4.69, 9.17) is 0 Å². The van der Waals surface area contributed by atoms with Gasteiger partial charge < -0.3 is 4.90 Å². The van der Waals surface area contributed by atoms with Crippen LogP contribution in [-0.4, -0.2) is 22.8 Å². The summed E-state index contributed by atoms with van der Waals surface area (Å²) in [5.74, 6) is -0.543. The molecule has 0 aliphatic rings. The molecular formula is C13H12BrFN2OS. The highest BCUT2D eigenvalue weighted by Gasteiger charge is 2.16. The summed E-state index contributed by atoms with van der Waals surface area (Å²) >= 11 is 4.76. The second-order valence-corrected chi connectivity index (χ2v) is 6.06. The van der Waals surface area contributed by atoms with Crippen LogP contribution in [-0.2, 0) is 6.54 Å². The van der Waals surface area contributed by atoms with Crippen molar-refractivity contribution in [1.82, 2.24) is 9.88 Å². The van der Waals surface area contributed by atoms with Crippen LogP contribution in [0, 0.1) is 12.7 Å². The van der Waals surface area contributed by atoms with Gasteiger partial charge in [-0.15, -0.1) is 11.3 Å². The summed E-state index contributed by atoms with van der Waals surface area (Å²) in [7, 11) is 1.70. The Morgan fingerprint density at radius 2 is 2.26 bits per heavy atom. The first-order valence-electron chi connectivity index (χ1n) is 5.59. The molecule has 0 saturated carbocycles. The third-order valence-electron chi connectivity index (χ3n) is 2.57. The lowest BCUT2D eigenvalue weighted by Crippen LogP contribution is -2.26. The maximum Gasteiger partial charge on any atom is 0.255 e. The molecule has 1 aromatic carbocycles. The normalized spacial score (nSPS) is 10.5. The van der Waals surface area contributed by atoms with E-state index >= 15 is 0 Å². The average Bonchev–Trinajstić information content (AvgIpc) is 2.74. The largest absolute Gasteiger partial charge is 0.336 e. The Balaban J connectivity index is 2.14. The monoisotopic (exact) mass is 342 g/mol. The van der Waals surface area contributed by atoms with Gasteiger partial charge in [0.1, 0.15) is 5.82 Å². The molecule has 0 saturated heterocycles. The van der Waals surface area contributed by atoms with Gasteiger partial charge in [-0.2, -0.15) is 0 Å². The highest BCUT2D eigenvalue weighted by atomic mass is 79.9. The molecule has 100 valence electrons. The second-order valence-electron chi connectivity index (χ2n) is 4.14. The maximum absolute atomic E-state index is 13.0. The first kappa shape index (κ1) is 14.1. The summed E-state index contributed by atoms with van der Waals surface area (Å²) in [5, 5.41) is 2.90. The van der Waals surface area contributed by atoms with Gasteiger partial charge in [0.15, 0.2) is 0 Å². The van der Waals surface area contributed by atoms with Crippen LogP contribution in [0.25, 0.3) is 0 Å². The van der Waals surface area contributed by atoms with Crippen LogP contribution in [0.1, 0.15) is 21.1 Å². The quantitative estimate of drug-likeness (QED) is 0.853. The number of carbonyl (C=O) groups is 1. The van der Waals surface area contributed by atoms with Crippen molar-refractivity contribution in [3.05, 3.63) is 50.1 Å². The lowest BCUT2D eigenvalue weighted by molar-refractivity contribution is 0.0782. The lowest BCUT2D eigenvalue weighted by atomic mass is 10.2. The standard InChI is InChI=1S/C13H12BrFN2OS/c1-8-16-10(7-19-8)6-17(2)13(18)11-4-3-9(15)5-12(11)14/h3-5,7H,6H2,1-2H3. The third-order valence-corrected chi connectivity index (χ3v) is 4.05. The topological polar surface area (TPSA) is 33.2 Å². The predicted octanol–water partition coefficient (Wildman–Crippen LogP) is 3.63. The summed E-state index contributed by atoms with van der Waals surface area (Å²) in [5.41, 5.74) is 1.30. The van der Waals surface area contributed by atoms with Gasteiger partial charge in [0, 0.05) is 16.9 Å². The summed E-state index contributed by atoms with van der Waals surface area (Å²) in [6.07, 6.45) is 0. The van der Waals surface area contributed by atoms with Crippen LogP contribution in [0.3, 0.4) is 0 Å². The van der Waals surface area contributed by atoms with Crippen molar-refractivity contribution in [2.24, 2.45) is 0 Å². The van der Waals surface area contributed by atoms with Gasteiger partial charge in [0.2, 0.25) is 0 Å². The van der Waals surface area contributed by atoms with E-state index < -0.39 is 0 Å². The van der Waals surface area contributed by atoms with Gasteiger partial charge in [-0.05, 0) is 41.1 Å². The molecule has 2 aromatic rings.